The second-order valence-corrected chi connectivity index (χ2v) is 8.36. The molecule has 0 aliphatic carbocycles. The highest BCUT2D eigenvalue weighted by Crippen LogP contribution is 2.20. The van der Waals surface area contributed by atoms with Crippen LogP contribution in [0.15, 0.2) is 46.1 Å². The number of rotatable bonds is 7. The summed E-state index contributed by atoms with van der Waals surface area (Å²) < 4.78 is 18.9. The van der Waals surface area contributed by atoms with E-state index in [1.54, 1.807) is 12.3 Å². The molecule has 2 saturated heterocycles. The number of aliphatic imine (C=N–C) groups is 1. The van der Waals surface area contributed by atoms with E-state index in [9.17, 15) is 4.39 Å². The van der Waals surface area contributed by atoms with Gasteiger partial charge in [0.15, 0.2) is 5.96 Å². The van der Waals surface area contributed by atoms with Crippen LogP contribution >= 0.6 is 0 Å². The van der Waals surface area contributed by atoms with Crippen molar-refractivity contribution in [1.29, 1.82) is 0 Å². The Kier molecular flexibility index (Phi) is 7.95. The van der Waals surface area contributed by atoms with Gasteiger partial charge in [-0.1, -0.05) is 17.3 Å². The minimum atomic E-state index is -0.129. The number of nitrogens with one attached hydrogen (secondary N) is 1. The SMILES string of the molecule is CN=C(NCCCN1CCN(c2ccccc2F)CC1)N1CCN(Cc2ccon2)CC1. The van der Waals surface area contributed by atoms with E-state index in [1.165, 1.54) is 6.07 Å². The van der Waals surface area contributed by atoms with Crippen LogP contribution in [0.5, 0.6) is 0 Å². The van der Waals surface area contributed by atoms with Gasteiger partial charge in [-0.3, -0.25) is 14.8 Å². The number of hydrogen-bond donors (Lipinski definition) is 1. The number of piperazine rings is 2. The molecule has 0 spiro atoms. The molecule has 0 saturated carbocycles. The normalized spacial score (nSPS) is 18.9. The van der Waals surface area contributed by atoms with Gasteiger partial charge in [-0.15, -0.1) is 0 Å². The number of hydrogen-bond acceptors (Lipinski definition) is 6. The van der Waals surface area contributed by atoms with E-state index in [0.717, 1.165) is 95.8 Å². The molecule has 4 rings (SSSR count). The van der Waals surface area contributed by atoms with Gasteiger partial charge in [0.25, 0.3) is 0 Å². The van der Waals surface area contributed by atoms with Crippen molar-refractivity contribution < 1.29 is 8.91 Å². The quantitative estimate of drug-likeness (QED) is 0.397. The molecule has 9 heteroatoms. The van der Waals surface area contributed by atoms with Gasteiger partial charge in [0.2, 0.25) is 0 Å². The highest BCUT2D eigenvalue weighted by Gasteiger charge is 2.21. The minimum absolute atomic E-state index is 0.129. The van der Waals surface area contributed by atoms with Crippen molar-refractivity contribution in [3.8, 4) is 0 Å². The Morgan fingerprint density at radius 3 is 2.47 bits per heavy atom. The van der Waals surface area contributed by atoms with Crippen molar-refractivity contribution >= 4 is 11.6 Å². The maximum absolute atomic E-state index is 14.0. The van der Waals surface area contributed by atoms with Gasteiger partial charge in [0.1, 0.15) is 12.1 Å². The fourth-order valence-corrected chi connectivity index (χ4v) is 4.42. The van der Waals surface area contributed by atoms with Crippen molar-refractivity contribution in [3.05, 3.63) is 48.1 Å². The summed E-state index contributed by atoms with van der Waals surface area (Å²) in [5.74, 6) is 0.853. The summed E-state index contributed by atoms with van der Waals surface area (Å²) in [4.78, 5) is 13.8. The molecule has 0 atom stereocenters. The van der Waals surface area contributed by atoms with E-state index < -0.39 is 0 Å². The van der Waals surface area contributed by atoms with E-state index in [-0.39, 0.29) is 5.82 Å². The van der Waals surface area contributed by atoms with Crippen molar-refractivity contribution in [2.45, 2.75) is 13.0 Å². The predicted molar refractivity (Wildman–Crippen MR) is 124 cm³/mol. The molecule has 1 aromatic carbocycles. The second kappa shape index (κ2) is 11.3. The van der Waals surface area contributed by atoms with Crippen molar-refractivity contribution in [2.75, 3.05) is 77.4 Å². The molecule has 2 aliphatic heterocycles. The number of benzene rings is 1. The number of para-hydroxylation sites is 1. The maximum Gasteiger partial charge on any atom is 0.193 e. The monoisotopic (exact) mass is 443 g/mol. The zero-order chi connectivity index (χ0) is 22.2. The molecule has 8 nitrogen and oxygen atoms in total. The molecule has 1 N–H and O–H groups in total. The number of aromatic nitrogens is 1. The molecular weight excluding hydrogens is 409 g/mol. The Morgan fingerprint density at radius 1 is 1.03 bits per heavy atom. The number of anilines is 1. The summed E-state index contributed by atoms with van der Waals surface area (Å²) in [6, 6.07) is 8.98. The average molecular weight is 444 g/mol. The number of halogens is 1. The van der Waals surface area contributed by atoms with Gasteiger partial charge in [0.05, 0.1) is 11.4 Å². The van der Waals surface area contributed by atoms with Crippen molar-refractivity contribution in [2.24, 2.45) is 4.99 Å². The van der Waals surface area contributed by atoms with Crippen molar-refractivity contribution in [1.82, 2.24) is 25.2 Å². The lowest BCUT2D eigenvalue weighted by Gasteiger charge is -2.37. The van der Waals surface area contributed by atoms with Gasteiger partial charge in [-0.05, 0) is 25.1 Å². The summed E-state index contributed by atoms with van der Waals surface area (Å²) in [6.45, 7) is 10.3. The van der Waals surface area contributed by atoms with Crippen LogP contribution in [0.4, 0.5) is 10.1 Å². The first-order chi connectivity index (χ1) is 15.7. The molecule has 0 radical (unpaired) electrons. The van der Waals surface area contributed by atoms with Crippen LogP contribution in [0.2, 0.25) is 0 Å². The molecule has 0 bridgehead atoms. The summed E-state index contributed by atoms with van der Waals surface area (Å²) in [5.41, 5.74) is 1.70. The number of guanidine groups is 1. The standard InChI is InChI=1S/C23H34FN7O/c1-25-23(31-16-12-29(13-17-31)19-20-7-18-32-27-20)26-8-4-9-28-10-14-30(15-11-28)22-6-3-2-5-21(22)24/h2-3,5-7,18H,4,8-17,19H2,1H3,(H,25,26). The molecule has 0 unspecified atom stereocenters. The van der Waals surface area contributed by atoms with Crippen molar-refractivity contribution in [3.63, 3.8) is 0 Å². The van der Waals surface area contributed by atoms with Gasteiger partial charge in [0, 0.05) is 78.6 Å². The smallest absolute Gasteiger partial charge is 0.193 e. The Morgan fingerprint density at radius 2 is 1.78 bits per heavy atom. The van der Waals surface area contributed by atoms with E-state index in [0.29, 0.717) is 0 Å². The zero-order valence-corrected chi connectivity index (χ0v) is 18.9. The lowest BCUT2D eigenvalue weighted by Crippen LogP contribution is -2.52. The van der Waals surface area contributed by atoms with Crippen LogP contribution in [0.25, 0.3) is 0 Å². The van der Waals surface area contributed by atoms with E-state index in [1.807, 2.05) is 25.2 Å². The van der Waals surface area contributed by atoms with Crippen LogP contribution in [0.3, 0.4) is 0 Å². The highest BCUT2D eigenvalue weighted by molar-refractivity contribution is 5.79. The second-order valence-electron chi connectivity index (χ2n) is 8.36. The van der Waals surface area contributed by atoms with Gasteiger partial charge < -0.3 is 19.6 Å². The molecule has 1 aromatic heterocycles. The zero-order valence-electron chi connectivity index (χ0n) is 18.9. The lowest BCUT2D eigenvalue weighted by molar-refractivity contribution is 0.169. The topological polar surface area (TPSA) is 63.4 Å². The minimum Gasteiger partial charge on any atom is -0.367 e. The van der Waals surface area contributed by atoms with Crippen LogP contribution in [0, 0.1) is 5.82 Å². The van der Waals surface area contributed by atoms with Crippen LogP contribution in [0.1, 0.15) is 12.1 Å². The molecular formula is C23H34FN7O. The third-order valence-corrected chi connectivity index (χ3v) is 6.26. The first-order valence-corrected chi connectivity index (χ1v) is 11.5. The maximum atomic E-state index is 14.0. The summed E-state index contributed by atoms with van der Waals surface area (Å²) in [7, 11) is 1.85. The molecule has 2 aliphatic rings. The Balaban J connectivity index is 1.12. The lowest BCUT2D eigenvalue weighted by atomic mass is 10.2. The first-order valence-electron chi connectivity index (χ1n) is 11.5. The predicted octanol–water partition coefficient (Wildman–Crippen LogP) is 1.72. The van der Waals surface area contributed by atoms with E-state index in [4.69, 9.17) is 4.52 Å². The molecule has 174 valence electrons. The number of nitrogens with zero attached hydrogens (tertiary/aromatic N) is 6. The molecule has 3 heterocycles. The third kappa shape index (κ3) is 5.98. The Labute approximate surface area is 189 Å². The van der Waals surface area contributed by atoms with Gasteiger partial charge in [-0.25, -0.2) is 4.39 Å². The summed E-state index contributed by atoms with van der Waals surface area (Å²) >= 11 is 0. The summed E-state index contributed by atoms with van der Waals surface area (Å²) in [5, 5.41) is 7.53. The van der Waals surface area contributed by atoms with Crippen LogP contribution < -0.4 is 10.2 Å². The first kappa shape index (κ1) is 22.5. The Bertz CT molecular complexity index is 844. The fraction of sp³-hybridized carbons (Fsp3) is 0.565. The highest BCUT2D eigenvalue weighted by atomic mass is 19.1. The fourth-order valence-electron chi connectivity index (χ4n) is 4.42. The molecule has 2 aromatic rings. The largest absolute Gasteiger partial charge is 0.367 e. The molecule has 0 amide bonds. The summed E-state index contributed by atoms with van der Waals surface area (Å²) in [6.07, 6.45) is 2.69. The van der Waals surface area contributed by atoms with Crippen LogP contribution in [-0.2, 0) is 6.54 Å². The van der Waals surface area contributed by atoms with Crippen LogP contribution in [-0.4, -0.2) is 98.3 Å². The van der Waals surface area contributed by atoms with Gasteiger partial charge in [-0.2, -0.15) is 0 Å². The third-order valence-electron chi connectivity index (χ3n) is 6.26. The van der Waals surface area contributed by atoms with E-state index in [2.05, 4.69) is 35.1 Å². The Hall–Kier alpha value is -2.65. The van der Waals surface area contributed by atoms with E-state index >= 15 is 0 Å². The molecule has 2 fully saturated rings. The average Bonchev–Trinajstić information content (AvgIpc) is 3.34. The van der Waals surface area contributed by atoms with Gasteiger partial charge >= 0.3 is 0 Å². The molecule has 32 heavy (non-hydrogen) atoms.